The third-order valence-electron chi connectivity index (χ3n) is 0.129. The predicted molar refractivity (Wildman–Crippen MR) is 33.7 cm³/mol. The van der Waals surface area contributed by atoms with Gasteiger partial charge in [0.05, 0.1) is 0 Å². The Labute approximate surface area is 50.9 Å². The Balaban J connectivity index is 0. The van der Waals surface area contributed by atoms with Gasteiger partial charge in [0.15, 0.2) is 0 Å². The van der Waals surface area contributed by atoms with Gasteiger partial charge in [-0.25, -0.2) is 0 Å². The second-order valence-corrected chi connectivity index (χ2v) is 1.76. The highest BCUT2D eigenvalue weighted by Gasteiger charge is 1.58. The highest BCUT2D eigenvalue weighted by Crippen LogP contribution is 1.47. The maximum atomic E-state index is 7.65. The monoisotopic (exact) mass is 121 g/mol. The predicted octanol–water partition coefficient (Wildman–Crippen LogP) is -0.240. The van der Waals surface area contributed by atoms with E-state index in [-0.39, 0.29) is 6.79 Å². The van der Waals surface area contributed by atoms with Crippen molar-refractivity contribution in [1.82, 2.24) is 4.90 Å². The molecule has 0 heterocycles. The molecular formula is C5H15NO2. The van der Waals surface area contributed by atoms with E-state index in [1.165, 1.54) is 7.11 Å². The van der Waals surface area contributed by atoms with E-state index in [9.17, 15) is 0 Å². The molecule has 1 N–H and O–H groups in total. The largest absolute Gasteiger partial charge is 0.371 e. The summed E-state index contributed by atoms with van der Waals surface area (Å²) in [5.41, 5.74) is 0. The van der Waals surface area contributed by atoms with Gasteiger partial charge in [-0.15, -0.1) is 0 Å². The van der Waals surface area contributed by atoms with Crippen LogP contribution in [0.15, 0.2) is 0 Å². The van der Waals surface area contributed by atoms with Crippen LogP contribution in [0.2, 0.25) is 0 Å². The van der Waals surface area contributed by atoms with Crippen LogP contribution in [0.3, 0.4) is 0 Å². The summed E-state index contributed by atoms with van der Waals surface area (Å²) in [6.45, 7) is -0.181. The Bertz CT molecular complexity index is 26.9. The van der Waals surface area contributed by atoms with Gasteiger partial charge >= 0.3 is 0 Å². The van der Waals surface area contributed by atoms with Crippen LogP contribution in [-0.4, -0.2) is 45.1 Å². The van der Waals surface area contributed by atoms with Crippen molar-refractivity contribution in [3.63, 3.8) is 0 Å². The van der Waals surface area contributed by atoms with Crippen molar-refractivity contribution in [3.05, 3.63) is 0 Å². The van der Waals surface area contributed by atoms with Crippen molar-refractivity contribution in [2.24, 2.45) is 0 Å². The van der Waals surface area contributed by atoms with Gasteiger partial charge in [-0.1, -0.05) is 0 Å². The van der Waals surface area contributed by atoms with Crippen molar-refractivity contribution in [3.8, 4) is 0 Å². The molecule has 0 unspecified atom stereocenters. The molecule has 0 saturated heterocycles. The molecule has 0 aliphatic heterocycles. The molecule has 0 aromatic heterocycles. The van der Waals surface area contributed by atoms with E-state index >= 15 is 0 Å². The van der Waals surface area contributed by atoms with Gasteiger partial charge in [0, 0.05) is 7.11 Å². The van der Waals surface area contributed by atoms with Crippen LogP contribution in [0.25, 0.3) is 0 Å². The van der Waals surface area contributed by atoms with Crippen LogP contribution in [0.4, 0.5) is 0 Å². The zero-order chi connectivity index (χ0) is 6.99. The van der Waals surface area contributed by atoms with E-state index in [0.717, 1.165) is 0 Å². The summed E-state index contributed by atoms with van der Waals surface area (Å²) < 4.78 is 4.10. The number of ether oxygens (including phenoxy) is 1. The first-order valence-electron chi connectivity index (χ1n) is 2.35. The summed E-state index contributed by atoms with van der Waals surface area (Å²) in [5.74, 6) is 0. The number of methoxy groups -OCH3 is 1. The lowest BCUT2D eigenvalue weighted by Crippen LogP contribution is -1.99. The average molecular weight is 121 g/mol. The third kappa shape index (κ3) is 181. The minimum atomic E-state index is -0.181. The Morgan fingerprint density at radius 2 is 1.50 bits per heavy atom. The van der Waals surface area contributed by atoms with Crippen molar-refractivity contribution in [1.29, 1.82) is 0 Å². The molecule has 8 heavy (non-hydrogen) atoms. The molecule has 0 rings (SSSR count). The molecule has 0 fully saturated rings. The minimum Gasteiger partial charge on any atom is -0.371 e. The van der Waals surface area contributed by atoms with Gasteiger partial charge in [0.25, 0.3) is 0 Å². The number of nitrogens with zero attached hydrogens (tertiary/aromatic N) is 1. The molecule has 0 atom stereocenters. The van der Waals surface area contributed by atoms with Crippen LogP contribution in [0.5, 0.6) is 0 Å². The first kappa shape index (κ1) is 10.8. The van der Waals surface area contributed by atoms with E-state index in [4.69, 9.17) is 5.11 Å². The molecule has 0 aromatic rings. The quantitative estimate of drug-likeness (QED) is 0.486. The normalized spacial score (nSPS) is 8.25. The maximum absolute atomic E-state index is 7.65. The molecule has 0 aliphatic carbocycles. The molecule has 52 valence electrons. The van der Waals surface area contributed by atoms with Crippen LogP contribution in [0, 0.1) is 0 Å². The molecule has 3 nitrogen and oxygen atoms in total. The van der Waals surface area contributed by atoms with E-state index < -0.39 is 0 Å². The molecule has 0 aromatic carbocycles. The van der Waals surface area contributed by atoms with Crippen LogP contribution in [-0.2, 0) is 4.74 Å². The van der Waals surface area contributed by atoms with Crippen molar-refractivity contribution < 1.29 is 9.84 Å². The number of rotatable bonds is 1. The van der Waals surface area contributed by atoms with Gasteiger partial charge in [0.2, 0.25) is 0 Å². The lowest BCUT2D eigenvalue weighted by atomic mass is 11.0. The molecule has 0 radical (unpaired) electrons. The van der Waals surface area contributed by atoms with Gasteiger partial charge < -0.3 is 14.7 Å². The Kier molecular flexibility index (Phi) is 13.5. The summed E-state index contributed by atoms with van der Waals surface area (Å²) in [5, 5.41) is 7.65. The smallest absolute Gasteiger partial charge is 0.143 e. The first-order chi connectivity index (χ1) is 3.65. The number of hydrogen-bond acceptors (Lipinski definition) is 3. The second-order valence-electron chi connectivity index (χ2n) is 1.76. The van der Waals surface area contributed by atoms with Crippen molar-refractivity contribution >= 4 is 0 Å². The summed E-state index contributed by atoms with van der Waals surface area (Å²) in [6, 6.07) is 0. The Morgan fingerprint density at radius 3 is 1.50 bits per heavy atom. The number of aliphatic hydroxyl groups is 1. The molecule has 0 saturated carbocycles. The fraction of sp³-hybridized carbons (Fsp3) is 1.00. The van der Waals surface area contributed by atoms with E-state index in [1.807, 2.05) is 26.0 Å². The fourth-order valence-electron chi connectivity index (χ4n) is 0. The zero-order valence-electron chi connectivity index (χ0n) is 6.01. The molecule has 0 amide bonds. The average Bonchev–Trinajstić information content (AvgIpc) is 1.65. The molecule has 0 aliphatic rings. The fourth-order valence-corrected chi connectivity index (χ4v) is 0. The molecule has 0 spiro atoms. The Hall–Kier alpha value is -0.120. The van der Waals surface area contributed by atoms with Crippen LogP contribution in [0.1, 0.15) is 0 Å². The van der Waals surface area contributed by atoms with Crippen molar-refractivity contribution in [2.45, 2.75) is 0 Å². The summed E-state index contributed by atoms with van der Waals surface area (Å²) in [4.78, 5) is 2.00. The second kappa shape index (κ2) is 9.99. The Morgan fingerprint density at radius 1 is 1.38 bits per heavy atom. The van der Waals surface area contributed by atoms with Crippen molar-refractivity contribution in [2.75, 3.05) is 35.0 Å². The SMILES string of the molecule is CN(C)C.COCO. The lowest BCUT2D eigenvalue weighted by Gasteiger charge is -1.90. The molecule has 3 heteroatoms. The summed E-state index contributed by atoms with van der Waals surface area (Å²) in [7, 11) is 7.43. The van der Waals surface area contributed by atoms with Gasteiger partial charge in [-0.3, -0.25) is 0 Å². The third-order valence-corrected chi connectivity index (χ3v) is 0.129. The zero-order valence-corrected chi connectivity index (χ0v) is 6.01. The standard InChI is InChI=1S/C3H9N.C2H6O2/c1-4(2)3;1-4-2-3/h1-3H3;3H,2H2,1H3. The summed E-state index contributed by atoms with van der Waals surface area (Å²) >= 11 is 0. The summed E-state index contributed by atoms with van der Waals surface area (Å²) in [6.07, 6.45) is 0. The lowest BCUT2D eigenvalue weighted by molar-refractivity contribution is 0.0325. The van der Waals surface area contributed by atoms with Gasteiger partial charge in [0.1, 0.15) is 6.79 Å². The van der Waals surface area contributed by atoms with E-state index in [0.29, 0.717) is 0 Å². The molecule has 0 bridgehead atoms. The minimum absolute atomic E-state index is 0.181. The highest BCUT2D eigenvalue weighted by atomic mass is 16.6. The molecular weight excluding hydrogens is 106 g/mol. The highest BCUT2D eigenvalue weighted by molar-refractivity contribution is 4.09. The number of aliphatic hydroxyl groups excluding tert-OH is 1. The number of hydrogen-bond donors (Lipinski definition) is 1. The van der Waals surface area contributed by atoms with Crippen LogP contribution >= 0.6 is 0 Å². The van der Waals surface area contributed by atoms with Crippen LogP contribution < -0.4 is 0 Å². The topological polar surface area (TPSA) is 32.7 Å². The first-order valence-corrected chi connectivity index (χ1v) is 2.35. The van der Waals surface area contributed by atoms with E-state index in [1.54, 1.807) is 0 Å². The van der Waals surface area contributed by atoms with Gasteiger partial charge in [-0.05, 0) is 21.1 Å². The van der Waals surface area contributed by atoms with Gasteiger partial charge in [-0.2, -0.15) is 0 Å². The van der Waals surface area contributed by atoms with E-state index in [2.05, 4.69) is 4.74 Å². The maximum Gasteiger partial charge on any atom is 0.143 e.